The van der Waals surface area contributed by atoms with Crippen molar-refractivity contribution in [2.24, 2.45) is 4.99 Å². The van der Waals surface area contributed by atoms with Gasteiger partial charge in [-0.3, -0.25) is 4.79 Å². The zero-order chi connectivity index (χ0) is 12.6. The smallest absolute Gasteiger partial charge is 0.235 e. The normalized spacial score (nSPS) is 26.8. The molecule has 0 N–H and O–H groups in total. The third-order valence-electron chi connectivity index (χ3n) is 3.35. The SMILES string of the molecule is CCCCC[C@]1(N=C=O)CCC/C=C\C(=O)C1. The molecule has 0 spiro atoms. The van der Waals surface area contributed by atoms with Crippen molar-refractivity contribution in [2.45, 2.75) is 63.8 Å². The van der Waals surface area contributed by atoms with Gasteiger partial charge in [0, 0.05) is 6.42 Å². The second-order valence-corrected chi connectivity index (χ2v) is 4.82. The molecule has 0 heterocycles. The Balaban J connectivity index is 2.75. The van der Waals surface area contributed by atoms with Gasteiger partial charge in [-0.15, -0.1) is 0 Å². The van der Waals surface area contributed by atoms with Crippen LogP contribution in [-0.4, -0.2) is 17.4 Å². The van der Waals surface area contributed by atoms with Crippen molar-refractivity contribution in [2.75, 3.05) is 0 Å². The molecule has 1 aliphatic rings. The average molecular weight is 235 g/mol. The molecule has 3 heteroatoms. The quantitative estimate of drug-likeness (QED) is 0.417. The minimum absolute atomic E-state index is 0.0835. The number of hydrogen-bond donors (Lipinski definition) is 0. The van der Waals surface area contributed by atoms with E-state index in [0.717, 1.165) is 44.9 Å². The highest BCUT2D eigenvalue weighted by Gasteiger charge is 2.31. The summed E-state index contributed by atoms with van der Waals surface area (Å²) >= 11 is 0. The fourth-order valence-corrected chi connectivity index (χ4v) is 2.40. The second kappa shape index (κ2) is 7.18. The van der Waals surface area contributed by atoms with E-state index in [9.17, 15) is 9.59 Å². The van der Waals surface area contributed by atoms with E-state index in [4.69, 9.17) is 0 Å². The van der Waals surface area contributed by atoms with Gasteiger partial charge in [-0.25, -0.2) is 4.79 Å². The van der Waals surface area contributed by atoms with Crippen LogP contribution in [0.15, 0.2) is 17.1 Å². The van der Waals surface area contributed by atoms with Crippen LogP contribution in [0.2, 0.25) is 0 Å². The van der Waals surface area contributed by atoms with Crippen molar-refractivity contribution in [1.29, 1.82) is 0 Å². The maximum Gasteiger partial charge on any atom is 0.235 e. The number of allylic oxidation sites excluding steroid dienone is 2. The summed E-state index contributed by atoms with van der Waals surface area (Å²) in [6.07, 6.45) is 12.4. The number of aliphatic imine (C=N–C) groups is 1. The van der Waals surface area contributed by atoms with Crippen LogP contribution in [0, 0.1) is 0 Å². The Hall–Kier alpha value is -1.21. The lowest BCUT2D eigenvalue weighted by Crippen LogP contribution is -2.30. The molecule has 94 valence electrons. The van der Waals surface area contributed by atoms with Crippen LogP contribution in [0.1, 0.15) is 58.3 Å². The van der Waals surface area contributed by atoms with Gasteiger partial charge < -0.3 is 0 Å². The van der Waals surface area contributed by atoms with Gasteiger partial charge in [0.05, 0.1) is 5.54 Å². The zero-order valence-electron chi connectivity index (χ0n) is 10.6. The molecule has 0 aromatic carbocycles. The van der Waals surface area contributed by atoms with E-state index in [1.165, 1.54) is 0 Å². The number of rotatable bonds is 5. The maximum absolute atomic E-state index is 11.7. The predicted octanol–water partition coefficient (Wildman–Crippen LogP) is 3.34. The lowest BCUT2D eigenvalue weighted by molar-refractivity contribution is -0.115. The number of isocyanates is 1. The molecule has 0 saturated heterocycles. The monoisotopic (exact) mass is 235 g/mol. The van der Waals surface area contributed by atoms with Gasteiger partial charge in [0.1, 0.15) is 0 Å². The highest BCUT2D eigenvalue weighted by Crippen LogP contribution is 2.31. The van der Waals surface area contributed by atoms with Crippen molar-refractivity contribution < 1.29 is 9.59 Å². The van der Waals surface area contributed by atoms with Crippen LogP contribution >= 0.6 is 0 Å². The van der Waals surface area contributed by atoms with E-state index in [0.29, 0.717) is 6.42 Å². The summed E-state index contributed by atoms with van der Waals surface area (Å²) in [4.78, 5) is 26.3. The Kier molecular flexibility index (Phi) is 5.85. The van der Waals surface area contributed by atoms with Crippen LogP contribution in [0.5, 0.6) is 0 Å². The Morgan fingerprint density at radius 2 is 2.29 bits per heavy atom. The van der Waals surface area contributed by atoms with Crippen LogP contribution < -0.4 is 0 Å². The molecular formula is C14H21NO2. The lowest BCUT2D eigenvalue weighted by Gasteiger charge is -2.28. The first-order valence-corrected chi connectivity index (χ1v) is 6.51. The average Bonchev–Trinajstić information content (AvgIpc) is 2.27. The molecule has 0 unspecified atom stereocenters. The summed E-state index contributed by atoms with van der Waals surface area (Å²) in [5, 5.41) is 0. The Bertz CT molecular complexity index is 329. The molecule has 17 heavy (non-hydrogen) atoms. The van der Waals surface area contributed by atoms with E-state index in [2.05, 4.69) is 11.9 Å². The molecule has 0 radical (unpaired) electrons. The van der Waals surface area contributed by atoms with Gasteiger partial charge in [-0.05, 0) is 31.8 Å². The predicted molar refractivity (Wildman–Crippen MR) is 67.6 cm³/mol. The largest absolute Gasteiger partial charge is 0.295 e. The topological polar surface area (TPSA) is 46.5 Å². The molecule has 0 aromatic heterocycles. The molecule has 0 aliphatic heterocycles. The van der Waals surface area contributed by atoms with Crippen molar-refractivity contribution in [3.8, 4) is 0 Å². The minimum atomic E-state index is -0.473. The second-order valence-electron chi connectivity index (χ2n) is 4.82. The van der Waals surface area contributed by atoms with Gasteiger partial charge in [0.2, 0.25) is 6.08 Å². The number of carbonyl (C=O) groups excluding carboxylic acids is 2. The van der Waals surface area contributed by atoms with E-state index < -0.39 is 5.54 Å². The van der Waals surface area contributed by atoms with E-state index in [1.54, 1.807) is 12.2 Å². The van der Waals surface area contributed by atoms with E-state index in [-0.39, 0.29) is 5.78 Å². The molecule has 0 amide bonds. The third-order valence-corrected chi connectivity index (χ3v) is 3.35. The first-order chi connectivity index (χ1) is 8.22. The number of unbranched alkanes of at least 4 members (excludes halogenated alkanes) is 2. The van der Waals surface area contributed by atoms with Crippen molar-refractivity contribution in [3.05, 3.63) is 12.2 Å². The number of ketones is 1. The van der Waals surface area contributed by atoms with Crippen LogP contribution in [0.4, 0.5) is 0 Å². The molecular weight excluding hydrogens is 214 g/mol. The van der Waals surface area contributed by atoms with Crippen LogP contribution in [-0.2, 0) is 9.59 Å². The standard InChI is InChI=1S/C14H21NO2/c1-2-3-6-9-14(15-12-16)10-7-4-5-8-13(17)11-14/h5,8H,2-4,6-7,9-11H2,1H3/b8-5-/t14-/m0/s1. The molecule has 1 atom stereocenters. The van der Waals surface area contributed by atoms with Crippen LogP contribution in [0.25, 0.3) is 0 Å². The summed E-state index contributed by atoms with van der Waals surface area (Å²) in [6.45, 7) is 2.14. The summed E-state index contributed by atoms with van der Waals surface area (Å²) < 4.78 is 0. The number of carbonyl (C=O) groups is 1. The molecule has 0 bridgehead atoms. The first kappa shape index (κ1) is 13.9. The van der Waals surface area contributed by atoms with Crippen molar-refractivity contribution in [1.82, 2.24) is 0 Å². The highest BCUT2D eigenvalue weighted by atomic mass is 16.1. The molecule has 3 nitrogen and oxygen atoms in total. The fourth-order valence-electron chi connectivity index (χ4n) is 2.40. The van der Waals surface area contributed by atoms with Crippen molar-refractivity contribution >= 4 is 11.9 Å². The third kappa shape index (κ3) is 4.66. The van der Waals surface area contributed by atoms with Crippen molar-refractivity contribution in [3.63, 3.8) is 0 Å². The highest BCUT2D eigenvalue weighted by molar-refractivity contribution is 5.90. The molecule has 0 fully saturated rings. The zero-order valence-corrected chi connectivity index (χ0v) is 10.6. The van der Waals surface area contributed by atoms with Gasteiger partial charge in [-0.2, -0.15) is 4.99 Å². The maximum atomic E-state index is 11.7. The Labute approximate surface area is 103 Å². The first-order valence-electron chi connectivity index (χ1n) is 6.51. The Morgan fingerprint density at radius 1 is 1.47 bits per heavy atom. The molecule has 1 aliphatic carbocycles. The summed E-state index contributed by atoms with van der Waals surface area (Å²) in [6, 6.07) is 0. The summed E-state index contributed by atoms with van der Waals surface area (Å²) in [5.74, 6) is 0.0835. The Morgan fingerprint density at radius 3 is 3.00 bits per heavy atom. The van der Waals surface area contributed by atoms with Gasteiger partial charge in [-0.1, -0.05) is 32.3 Å². The van der Waals surface area contributed by atoms with Gasteiger partial charge >= 0.3 is 0 Å². The van der Waals surface area contributed by atoms with E-state index >= 15 is 0 Å². The van der Waals surface area contributed by atoms with E-state index in [1.807, 2.05) is 6.08 Å². The van der Waals surface area contributed by atoms with Gasteiger partial charge in [0.25, 0.3) is 0 Å². The minimum Gasteiger partial charge on any atom is -0.295 e. The number of hydrogen-bond acceptors (Lipinski definition) is 3. The molecule has 0 saturated carbocycles. The molecule has 1 rings (SSSR count). The van der Waals surface area contributed by atoms with Crippen LogP contribution in [0.3, 0.4) is 0 Å². The molecule has 0 aromatic rings. The van der Waals surface area contributed by atoms with Gasteiger partial charge in [0.15, 0.2) is 5.78 Å². The summed E-state index contributed by atoms with van der Waals surface area (Å²) in [5.41, 5.74) is -0.473. The number of nitrogens with zero attached hydrogens (tertiary/aromatic N) is 1. The fraction of sp³-hybridized carbons (Fsp3) is 0.714. The lowest BCUT2D eigenvalue weighted by atomic mass is 9.81. The summed E-state index contributed by atoms with van der Waals surface area (Å²) in [7, 11) is 0.